The van der Waals surface area contributed by atoms with E-state index >= 15 is 0 Å². The van der Waals surface area contributed by atoms with Gasteiger partial charge in [0, 0.05) is 12.0 Å². The first-order chi connectivity index (χ1) is 11.1. The molecule has 6 heteroatoms. The van der Waals surface area contributed by atoms with Crippen LogP contribution in [0.5, 0.6) is 0 Å². The number of hydrogen-bond acceptors (Lipinski definition) is 3. The fourth-order valence-corrected chi connectivity index (χ4v) is 3.10. The molecule has 1 N–H and O–H groups in total. The number of aliphatic hydroxyl groups excluding tert-OH is 1. The number of carbonyl (C=O) groups is 2. The van der Waals surface area contributed by atoms with Crippen LogP contribution in [0.1, 0.15) is 45.7 Å². The summed E-state index contributed by atoms with van der Waals surface area (Å²) in [5, 5.41) is 11.1. The van der Waals surface area contributed by atoms with Crippen molar-refractivity contribution >= 4 is 34.9 Å². The molecule has 1 aliphatic heterocycles. The molecule has 130 valence electrons. The van der Waals surface area contributed by atoms with Crippen molar-refractivity contribution in [3.05, 3.63) is 45.1 Å². The highest BCUT2D eigenvalue weighted by molar-refractivity contribution is 6.42. The number of amides is 1. The topological polar surface area (TPSA) is 57.6 Å². The number of halogens is 2. The second kappa shape index (κ2) is 6.77. The number of ketones is 1. The summed E-state index contributed by atoms with van der Waals surface area (Å²) >= 11 is 12.1. The molecule has 0 aromatic heterocycles. The predicted octanol–water partition coefficient (Wildman–Crippen LogP) is 4.71. The summed E-state index contributed by atoms with van der Waals surface area (Å²) in [6.07, 6.45) is 0.702. The molecule has 0 saturated carbocycles. The molecule has 2 rings (SSSR count). The normalized spacial score (nSPS) is 18.5. The zero-order chi connectivity index (χ0) is 18.2. The fraction of sp³-hybridized carbons (Fsp3) is 0.444. The molecule has 0 fully saturated rings. The maximum absolute atomic E-state index is 12.9. The number of carbonyl (C=O) groups excluding carboxylic acids is 2. The van der Waals surface area contributed by atoms with Crippen LogP contribution in [0.4, 0.5) is 0 Å². The quantitative estimate of drug-likeness (QED) is 0.835. The Balaban J connectivity index is 2.62. The molecule has 1 aromatic rings. The van der Waals surface area contributed by atoms with Gasteiger partial charge in [0.2, 0.25) is 0 Å². The van der Waals surface area contributed by atoms with Crippen LogP contribution in [0, 0.1) is 5.41 Å². The molecule has 1 aromatic carbocycles. The lowest BCUT2D eigenvalue weighted by Gasteiger charge is -2.28. The molecular formula is C18H21Cl2NO3. The van der Waals surface area contributed by atoms with E-state index in [1.165, 1.54) is 4.90 Å². The van der Waals surface area contributed by atoms with E-state index in [4.69, 9.17) is 23.2 Å². The molecule has 1 unspecified atom stereocenters. The van der Waals surface area contributed by atoms with E-state index in [0.29, 0.717) is 28.6 Å². The highest BCUT2D eigenvalue weighted by atomic mass is 35.5. The molecule has 0 bridgehead atoms. The summed E-state index contributed by atoms with van der Waals surface area (Å²) in [5.74, 6) is -1.26. The maximum Gasteiger partial charge on any atom is 0.290 e. The van der Waals surface area contributed by atoms with E-state index in [9.17, 15) is 14.7 Å². The second-order valence-corrected chi connectivity index (χ2v) is 7.73. The van der Waals surface area contributed by atoms with Crippen molar-refractivity contribution in [2.75, 3.05) is 6.54 Å². The van der Waals surface area contributed by atoms with Crippen molar-refractivity contribution < 1.29 is 14.7 Å². The lowest BCUT2D eigenvalue weighted by atomic mass is 9.82. The van der Waals surface area contributed by atoms with Crippen molar-refractivity contribution in [3.8, 4) is 0 Å². The van der Waals surface area contributed by atoms with Crippen LogP contribution >= 0.6 is 23.2 Å². The van der Waals surface area contributed by atoms with Gasteiger partial charge in [0.15, 0.2) is 11.5 Å². The molecule has 1 amide bonds. The Morgan fingerprint density at radius 2 is 1.88 bits per heavy atom. The van der Waals surface area contributed by atoms with Gasteiger partial charge < -0.3 is 10.0 Å². The summed E-state index contributed by atoms with van der Waals surface area (Å²) in [7, 11) is 0. The van der Waals surface area contributed by atoms with Gasteiger partial charge in [0.1, 0.15) is 0 Å². The van der Waals surface area contributed by atoms with Crippen molar-refractivity contribution in [3.63, 3.8) is 0 Å². The van der Waals surface area contributed by atoms with E-state index in [2.05, 4.69) is 0 Å². The molecule has 1 heterocycles. The van der Waals surface area contributed by atoms with Crippen molar-refractivity contribution in [1.29, 1.82) is 0 Å². The molecule has 1 atom stereocenters. The molecule has 1 aliphatic rings. The first-order valence-corrected chi connectivity index (χ1v) is 8.59. The Hall–Kier alpha value is -1.52. The van der Waals surface area contributed by atoms with Crippen LogP contribution in [0.3, 0.4) is 0 Å². The Kier molecular flexibility index (Phi) is 5.31. The van der Waals surface area contributed by atoms with E-state index in [1.807, 2.05) is 6.92 Å². The molecule has 24 heavy (non-hydrogen) atoms. The number of rotatable bonds is 4. The van der Waals surface area contributed by atoms with Crippen LogP contribution < -0.4 is 0 Å². The van der Waals surface area contributed by atoms with Gasteiger partial charge in [0.25, 0.3) is 5.91 Å². The molecule has 0 aliphatic carbocycles. The third kappa shape index (κ3) is 3.31. The van der Waals surface area contributed by atoms with Crippen LogP contribution in [-0.2, 0) is 9.59 Å². The average Bonchev–Trinajstić information content (AvgIpc) is 2.73. The number of benzene rings is 1. The minimum absolute atomic E-state index is 0.124. The van der Waals surface area contributed by atoms with Crippen molar-refractivity contribution in [2.45, 2.75) is 40.2 Å². The predicted molar refractivity (Wildman–Crippen MR) is 95.3 cm³/mol. The largest absolute Gasteiger partial charge is 0.503 e. The van der Waals surface area contributed by atoms with Crippen molar-refractivity contribution in [2.24, 2.45) is 5.41 Å². The molecule has 0 radical (unpaired) electrons. The second-order valence-electron chi connectivity index (χ2n) is 6.92. The third-order valence-electron chi connectivity index (χ3n) is 3.95. The maximum atomic E-state index is 12.9. The van der Waals surface area contributed by atoms with Crippen LogP contribution in [0.2, 0.25) is 10.0 Å². The van der Waals surface area contributed by atoms with E-state index < -0.39 is 23.1 Å². The zero-order valence-corrected chi connectivity index (χ0v) is 15.7. The number of Topliss-reactive ketones (excluding diaryl/α,β-unsaturated/α-hetero) is 1. The molecule has 4 nitrogen and oxygen atoms in total. The fourth-order valence-electron chi connectivity index (χ4n) is 2.79. The molecular weight excluding hydrogens is 349 g/mol. The van der Waals surface area contributed by atoms with Gasteiger partial charge in [-0.15, -0.1) is 0 Å². The van der Waals surface area contributed by atoms with Crippen molar-refractivity contribution in [1.82, 2.24) is 4.90 Å². The van der Waals surface area contributed by atoms with Gasteiger partial charge in [-0.05, 0) is 24.1 Å². The highest BCUT2D eigenvalue weighted by Gasteiger charge is 2.45. The summed E-state index contributed by atoms with van der Waals surface area (Å²) in [6, 6.07) is 4.34. The Labute approximate surface area is 152 Å². The SMILES string of the molecule is CCCN1C(=O)C(O)=C(C(=O)C(C)(C)C)C1c1ccc(Cl)c(Cl)c1. The number of hydrogen-bond donors (Lipinski definition) is 1. The van der Waals surface area contributed by atoms with Crippen LogP contribution in [0.15, 0.2) is 29.5 Å². The Morgan fingerprint density at radius 3 is 2.38 bits per heavy atom. The minimum atomic E-state index is -0.722. The minimum Gasteiger partial charge on any atom is -0.503 e. The Morgan fingerprint density at radius 1 is 1.25 bits per heavy atom. The number of nitrogens with zero attached hydrogens (tertiary/aromatic N) is 1. The van der Waals surface area contributed by atoms with Crippen LogP contribution in [0.25, 0.3) is 0 Å². The molecule has 0 saturated heterocycles. The van der Waals surface area contributed by atoms with Gasteiger partial charge >= 0.3 is 0 Å². The van der Waals surface area contributed by atoms with Gasteiger partial charge in [-0.2, -0.15) is 0 Å². The zero-order valence-electron chi connectivity index (χ0n) is 14.2. The standard InChI is InChI=1S/C18H21Cl2NO3/c1-5-8-21-14(10-6-7-11(19)12(20)9-10)13(15(22)17(21)24)16(23)18(2,3)4/h6-7,9,14,22H,5,8H2,1-4H3. The third-order valence-corrected chi connectivity index (χ3v) is 4.69. The lowest BCUT2D eigenvalue weighted by molar-refractivity contribution is -0.129. The first-order valence-electron chi connectivity index (χ1n) is 7.83. The summed E-state index contributed by atoms with van der Waals surface area (Å²) < 4.78 is 0. The number of aliphatic hydroxyl groups is 1. The molecule has 0 spiro atoms. The van der Waals surface area contributed by atoms with Gasteiger partial charge in [-0.25, -0.2) is 0 Å². The highest BCUT2D eigenvalue weighted by Crippen LogP contribution is 2.42. The summed E-state index contributed by atoms with van der Waals surface area (Å²) in [4.78, 5) is 26.8. The summed E-state index contributed by atoms with van der Waals surface area (Å²) in [5.41, 5.74) is 0.0579. The van der Waals surface area contributed by atoms with Gasteiger partial charge in [-0.1, -0.05) is 57.0 Å². The van der Waals surface area contributed by atoms with Crippen LogP contribution in [-0.4, -0.2) is 28.2 Å². The lowest BCUT2D eigenvalue weighted by Crippen LogP contribution is -2.33. The van der Waals surface area contributed by atoms with Gasteiger partial charge in [-0.3, -0.25) is 9.59 Å². The smallest absolute Gasteiger partial charge is 0.290 e. The van der Waals surface area contributed by atoms with Gasteiger partial charge in [0.05, 0.1) is 21.7 Å². The Bertz CT molecular complexity index is 719. The van der Waals surface area contributed by atoms with E-state index in [0.717, 1.165) is 0 Å². The van der Waals surface area contributed by atoms with E-state index in [1.54, 1.807) is 39.0 Å². The first kappa shape index (κ1) is 18.8. The monoisotopic (exact) mass is 369 g/mol. The van der Waals surface area contributed by atoms with E-state index in [-0.39, 0.29) is 11.4 Å². The summed E-state index contributed by atoms with van der Waals surface area (Å²) in [6.45, 7) is 7.63. The average molecular weight is 370 g/mol.